The van der Waals surface area contributed by atoms with Crippen molar-refractivity contribution in [2.75, 3.05) is 37.6 Å². The highest BCUT2D eigenvalue weighted by molar-refractivity contribution is 5.99. The second kappa shape index (κ2) is 8.36. The van der Waals surface area contributed by atoms with Gasteiger partial charge in [0, 0.05) is 54.5 Å². The van der Waals surface area contributed by atoms with Gasteiger partial charge in [0.05, 0.1) is 6.54 Å². The average molecular weight is 404 g/mol. The third-order valence-corrected chi connectivity index (χ3v) is 5.98. The van der Waals surface area contributed by atoms with Gasteiger partial charge in [-0.15, -0.1) is 0 Å². The number of phenolic OH excluding ortho intramolecular Hbond substituents is 1. The van der Waals surface area contributed by atoms with Crippen molar-refractivity contribution in [3.8, 4) is 11.4 Å². The summed E-state index contributed by atoms with van der Waals surface area (Å²) in [5.41, 5.74) is 6.33. The van der Waals surface area contributed by atoms with E-state index in [0.29, 0.717) is 6.54 Å². The molecule has 3 aromatic rings. The first-order valence-electron chi connectivity index (χ1n) is 10.5. The zero-order chi connectivity index (χ0) is 21.3. The van der Waals surface area contributed by atoms with Crippen LogP contribution in [0.15, 0.2) is 54.6 Å². The van der Waals surface area contributed by atoms with Gasteiger partial charge >= 0.3 is 0 Å². The molecule has 1 saturated heterocycles. The van der Waals surface area contributed by atoms with Crippen LogP contribution in [0.1, 0.15) is 27.3 Å². The van der Waals surface area contributed by atoms with E-state index in [1.807, 2.05) is 25.1 Å². The van der Waals surface area contributed by atoms with Gasteiger partial charge in [-0.25, -0.2) is 0 Å². The summed E-state index contributed by atoms with van der Waals surface area (Å²) in [7, 11) is 0. The van der Waals surface area contributed by atoms with Crippen molar-refractivity contribution in [1.29, 1.82) is 0 Å². The number of hydrogen-bond acceptors (Lipinski definition) is 4. The Morgan fingerprint density at radius 1 is 0.867 bits per heavy atom. The number of Topliss-reactive ketones (excluding diaryl/α,β-unsaturated/α-hetero) is 1. The predicted molar refractivity (Wildman–Crippen MR) is 121 cm³/mol. The maximum atomic E-state index is 13.1. The molecule has 0 aliphatic carbocycles. The molecule has 0 radical (unpaired) electrons. The van der Waals surface area contributed by atoms with E-state index >= 15 is 0 Å². The zero-order valence-corrected chi connectivity index (χ0v) is 17.9. The number of carbonyl (C=O) groups excluding carboxylic acids is 1. The molecular weight excluding hydrogens is 374 g/mol. The first-order chi connectivity index (χ1) is 14.4. The maximum Gasteiger partial charge on any atom is 0.178 e. The average Bonchev–Trinajstić information content (AvgIpc) is 3.04. The van der Waals surface area contributed by atoms with E-state index in [9.17, 15) is 9.90 Å². The Morgan fingerprint density at radius 2 is 1.47 bits per heavy atom. The first-order valence-corrected chi connectivity index (χ1v) is 10.5. The van der Waals surface area contributed by atoms with E-state index in [1.165, 1.54) is 5.56 Å². The van der Waals surface area contributed by atoms with Crippen molar-refractivity contribution in [3.63, 3.8) is 0 Å². The van der Waals surface area contributed by atoms with Gasteiger partial charge in [-0.05, 0) is 63.2 Å². The summed E-state index contributed by atoms with van der Waals surface area (Å²) in [5.74, 6) is 0.464. The normalized spacial score (nSPS) is 14.8. The fourth-order valence-corrected chi connectivity index (χ4v) is 4.25. The third kappa shape index (κ3) is 4.12. The lowest BCUT2D eigenvalue weighted by molar-refractivity contribution is 0.0926. The third-order valence-electron chi connectivity index (χ3n) is 5.98. The highest BCUT2D eigenvalue weighted by Gasteiger charge is 2.22. The van der Waals surface area contributed by atoms with Gasteiger partial charge in [-0.2, -0.15) is 0 Å². The van der Waals surface area contributed by atoms with Gasteiger partial charge in [0.1, 0.15) is 5.75 Å². The fraction of sp³-hybridized carbons (Fsp3) is 0.320. The Kier molecular flexibility index (Phi) is 5.64. The van der Waals surface area contributed by atoms with Crippen molar-refractivity contribution in [2.24, 2.45) is 0 Å². The van der Waals surface area contributed by atoms with Crippen molar-refractivity contribution in [1.82, 2.24) is 9.47 Å². The Bertz CT molecular complexity index is 1030. The number of rotatable bonds is 5. The molecule has 0 atom stereocenters. The number of aromatic nitrogens is 1. The lowest BCUT2D eigenvalue weighted by Gasteiger charge is -2.35. The molecule has 156 valence electrons. The van der Waals surface area contributed by atoms with Crippen LogP contribution < -0.4 is 4.90 Å². The maximum absolute atomic E-state index is 13.1. The summed E-state index contributed by atoms with van der Waals surface area (Å²) in [4.78, 5) is 17.6. The van der Waals surface area contributed by atoms with E-state index in [4.69, 9.17) is 0 Å². The van der Waals surface area contributed by atoms with E-state index < -0.39 is 0 Å². The summed E-state index contributed by atoms with van der Waals surface area (Å²) in [6.45, 7) is 10.1. The van der Waals surface area contributed by atoms with Crippen molar-refractivity contribution >= 4 is 11.5 Å². The fourth-order valence-electron chi connectivity index (χ4n) is 4.25. The molecule has 0 unspecified atom stereocenters. The number of piperazine rings is 1. The van der Waals surface area contributed by atoms with Crippen LogP contribution in [0.2, 0.25) is 0 Å². The van der Waals surface area contributed by atoms with Gasteiger partial charge in [0.25, 0.3) is 0 Å². The van der Waals surface area contributed by atoms with E-state index in [2.05, 4.69) is 52.5 Å². The molecule has 0 amide bonds. The summed E-state index contributed by atoms with van der Waals surface area (Å²) >= 11 is 0. The Labute approximate surface area is 178 Å². The number of phenols is 1. The highest BCUT2D eigenvalue weighted by atomic mass is 16.3. The number of carbonyl (C=O) groups is 1. The SMILES string of the molecule is Cc1ccc(-n2c(C)cc(C(=O)CN3CCN(c4ccc(O)cc4)CC3)c2C)cc1. The molecule has 1 aliphatic rings. The van der Waals surface area contributed by atoms with Gasteiger partial charge < -0.3 is 14.6 Å². The summed E-state index contributed by atoms with van der Waals surface area (Å²) in [6.07, 6.45) is 0. The van der Waals surface area contributed by atoms with E-state index in [1.54, 1.807) is 12.1 Å². The zero-order valence-electron chi connectivity index (χ0n) is 17.9. The van der Waals surface area contributed by atoms with Crippen LogP contribution in [0, 0.1) is 20.8 Å². The molecule has 1 fully saturated rings. The van der Waals surface area contributed by atoms with Crippen LogP contribution in [0.5, 0.6) is 5.75 Å². The minimum absolute atomic E-state index is 0.180. The molecule has 1 aromatic heterocycles. The number of aromatic hydroxyl groups is 1. The lowest BCUT2D eigenvalue weighted by atomic mass is 10.1. The monoisotopic (exact) mass is 403 g/mol. The second-order valence-electron chi connectivity index (χ2n) is 8.16. The Balaban J connectivity index is 1.42. The molecule has 2 aromatic carbocycles. The van der Waals surface area contributed by atoms with E-state index in [0.717, 1.165) is 54.5 Å². The first kappa shape index (κ1) is 20.2. The van der Waals surface area contributed by atoms with Crippen LogP contribution in [0.25, 0.3) is 5.69 Å². The topological polar surface area (TPSA) is 48.7 Å². The molecule has 30 heavy (non-hydrogen) atoms. The quantitative estimate of drug-likeness (QED) is 0.651. The Morgan fingerprint density at radius 3 is 2.10 bits per heavy atom. The van der Waals surface area contributed by atoms with Gasteiger partial charge in [-0.3, -0.25) is 9.69 Å². The second-order valence-corrected chi connectivity index (χ2v) is 8.16. The molecule has 1 aliphatic heterocycles. The van der Waals surface area contributed by atoms with Crippen LogP contribution in [0.3, 0.4) is 0 Å². The smallest absolute Gasteiger partial charge is 0.178 e. The van der Waals surface area contributed by atoms with Gasteiger partial charge in [0.15, 0.2) is 5.78 Å². The van der Waals surface area contributed by atoms with Crippen molar-refractivity contribution < 1.29 is 9.90 Å². The number of nitrogens with zero attached hydrogens (tertiary/aromatic N) is 3. The number of aryl methyl sites for hydroxylation is 2. The summed E-state index contributed by atoms with van der Waals surface area (Å²) < 4.78 is 2.16. The molecule has 4 rings (SSSR count). The molecule has 0 bridgehead atoms. The molecule has 0 spiro atoms. The van der Waals surface area contributed by atoms with Crippen molar-refractivity contribution in [3.05, 3.63) is 77.1 Å². The molecule has 5 nitrogen and oxygen atoms in total. The molecular formula is C25H29N3O2. The molecule has 2 heterocycles. The number of benzene rings is 2. The molecule has 1 N–H and O–H groups in total. The number of hydrogen-bond donors (Lipinski definition) is 1. The standard InChI is InChI=1S/C25H29N3O2/c1-18-4-6-22(7-5-18)28-19(2)16-24(20(28)3)25(30)17-26-12-14-27(15-13-26)21-8-10-23(29)11-9-21/h4-11,16,29H,12-15,17H2,1-3H3. The predicted octanol–water partition coefficient (Wildman–Crippen LogP) is 4.11. The molecule has 0 saturated carbocycles. The molecule has 5 heteroatoms. The summed E-state index contributed by atoms with van der Waals surface area (Å²) in [5, 5.41) is 9.47. The van der Waals surface area contributed by atoms with Crippen molar-refractivity contribution in [2.45, 2.75) is 20.8 Å². The minimum Gasteiger partial charge on any atom is -0.508 e. The Hall–Kier alpha value is -3.05. The summed E-state index contributed by atoms with van der Waals surface area (Å²) in [6, 6.07) is 17.7. The van der Waals surface area contributed by atoms with E-state index in [-0.39, 0.29) is 11.5 Å². The van der Waals surface area contributed by atoms with Gasteiger partial charge in [-0.1, -0.05) is 17.7 Å². The lowest BCUT2D eigenvalue weighted by Crippen LogP contribution is -2.48. The largest absolute Gasteiger partial charge is 0.508 e. The van der Waals surface area contributed by atoms with Crippen LogP contribution in [-0.2, 0) is 0 Å². The van der Waals surface area contributed by atoms with Crippen LogP contribution in [0.4, 0.5) is 5.69 Å². The van der Waals surface area contributed by atoms with Gasteiger partial charge in [0.2, 0.25) is 0 Å². The number of anilines is 1. The minimum atomic E-state index is 0.180. The van der Waals surface area contributed by atoms with Crippen LogP contribution in [-0.4, -0.2) is 53.1 Å². The van der Waals surface area contributed by atoms with Crippen LogP contribution >= 0.6 is 0 Å². The number of ketones is 1. The highest BCUT2D eigenvalue weighted by Crippen LogP contribution is 2.23.